The molecule has 0 heterocycles. The molecule has 1 atom stereocenters. The zero-order chi connectivity index (χ0) is 26.9. The lowest BCUT2D eigenvalue weighted by Crippen LogP contribution is -2.53. The third-order valence-electron chi connectivity index (χ3n) is 7.35. The molecule has 1 saturated carbocycles. The highest BCUT2D eigenvalue weighted by atomic mass is 16.6. The molecule has 2 amide bonds. The Morgan fingerprint density at radius 2 is 1.55 bits per heavy atom. The summed E-state index contributed by atoms with van der Waals surface area (Å²) in [7, 11) is 0. The molecule has 3 aromatic carbocycles. The number of para-hydroxylation sites is 1. The van der Waals surface area contributed by atoms with Gasteiger partial charge in [0.1, 0.15) is 6.04 Å². The Kier molecular flexibility index (Phi) is 9.25. The summed E-state index contributed by atoms with van der Waals surface area (Å²) in [5.41, 5.74) is 3.14. The maximum atomic E-state index is 14.0. The molecule has 0 bridgehead atoms. The SMILES string of the molecule is Cc1ccccc1CN(C(=O)Cc1ccccc1[N+](=O)[O-])C(Cc1ccccc1)C(=O)NC1CCCCC1. The summed E-state index contributed by atoms with van der Waals surface area (Å²) in [5, 5.41) is 14.9. The first-order valence-electron chi connectivity index (χ1n) is 13.3. The van der Waals surface area contributed by atoms with E-state index in [1.807, 2.05) is 61.5 Å². The first-order valence-corrected chi connectivity index (χ1v) is 13.3. The van der Waals surface area contributed by atoms with Crippen LogP contribution in [0.4, 0.5) is 5.69 Å². The third-order valence-corrected chi connectivity index (χ3v) is 7.35. The first kappa shape index (κ1) is 27.0. The molecule has 1 unspecified atom stereocenters. The lowest BCUT2D eigenvalue weighted by atomic mass is 9.94. The van der Waals surface area contributed by atoms with Gasteiger partial charge in [0.15, 0.2) is 0 Å². The number of aryl methyl sites for hydroxylation is 1. The van der Waals surface area contributed by atoms with E-state index in [4.69, 9.17) is 0 Å². The Balaban J connectivity index is 1.70. The van der Waals surface area contributed by atoms with Crippen LogP contribution in [0.3, 0.4) is 0 Å². The van der Waals surface area contributed by atoms with Gasteiger partial charge in [-0.2, -0.15) is 0 Å². The van der Waals surface area contributed by atoms with Crippen LogP contribution in [-0.2, 0) is 29.0 Å². The lowest BCUT2D eigenvalue weighted by molar-refractivity contribution is -0.385. The molecule has 4 rings (SSSR count). The quantitative estimate of drug-likeness (QED) is 0.285. The van der Waals surface area contributed by atoms with Gasteiger partial charge in [-0.3, -0.25) is 19.7 Å². The summed E-state index contributed by atoms with van der Waals surface area (Å²) in [6.07, 6.45) is 5.40. The van der Waals surface area contributed by atoms with Crippen LogP contribution in [0.5, 0.6) is 0 Å². The number of carbonyl (C=O) groups is 2. The number of nitrogens with zero attached hydrogens (tertiary/aromatic N) is 2. The number of nitrogens with one attached hydrogen (secondary N) is 1. The van der Waals surface area contributed by atoms with Gasteiger partial charge >= 0.3 is 0 Å². The maximum Gasteiger partial charge on any atom is 0.273 e. The van der Waals surface area contributed by atoms with E-state index in [9.17, 15) is 19.7 Å². The van der Waals surface area contributed by atoms with Gasteiger partial charge in [0.25, 0.3) is 5.69 Å². The number of carbonyl (C=O) groups excluding carboxylic acids is 2. The van der Waals surface area contributed by atoms with Crippen molar-refractivity contribution in [3.8, 4) is 0 Å². The summed E-state index contributed by atoms with van der Waals surface area (Å²) in [5.74, 6) is -0.493. The van der Waals surface area contributed by atoms with E-state index in [-0.39, 0.29) is 36.5 Å². The second-order valence-corrected chi connectivity index (χ2v) is 10.1. The molecule has 38 heavy (non-hydrogen) atoms. The molecule has 7 heteroatoms. The predicted octanol–water partition coefficient (Wildman–Crippen LogP) is 5.53. The van der Waals surface area contributed by atoms with Crippen molar-refractivity contribution in [3.63, 3.8) is 0 Å². The van der Waals surface area contributed by atoms with E-state index in [1.165, 1.54) is 12.5 Å². The Morgan fingerprint density at radius 3 is 2.24 bits per heavy atom. The summed E-state index contributed by atoms with van der Waals surface area (Å²) in [6, 6.07) is 23.1. The third kappa shape index (κ3) is 7.06. The Labute approximate surface area is 224 Å². The lowest BCUT2D eigenvalue weighted by Gasteiger charge is -2.34. The molecule has 7 nitrogen and oxygen atoms in total. The van der Waals surface area contributed by atoms with Crippen LogP contribution in [0.15, 0.2) is 78.9 Å². The van der Waals surface area contributed by atoms with Gasteiger partial charge in [-0.15, -0.1) is 0 Å². The van der Waals surface area contributed by atoms with Crippen LogP contribution < -0.4 is 5.32 Å². The van der Waals surface area contributed by atoms with Crippen LogP contribution in [0.1, 0.15) is 54.4 Å². The Bertz CT molecular complexity index is 1250. The van der Waals surface area contributed by atoms with Gasteiger partial charge < -0.3 is 10.2 Å². The van der Waals surface area contributed by atoms with Crippen molar-refractivity contribution in [2.45, 2.75) is 70.5 Å². The van der Waals surface area contributed by atoms with Gasteiger partial charge in [-0.25, -0.2) is 0 Å². The zero-order valence-electron chi connectivity index (χ0n) is 21.8. The van der Waals surface area contributed by atoms with Crippen LogP contribution in [0, 0.1) is 17.0 Å². The molecule has 0 saturated heterocycles. The number of rotatable bonds is 10. The monoisotopic (exact) mass is 513 g/mol. The van der Waals surface area contributed by atoms with Crippen LogP contribution in [0.25, 0.3) is 0 Å². The first-order chi connectivity index (χ1) is 18.4. The van der Waals surface area contributed by atoms with Crippen molar-refractivity contribution < 1.29 is 14.5 Å². The van der Waals surface area contributed by atoms with Crippen molar-refractivity contribution >= 4 is 17.5 Å². The van der Waals surface area contributed by atoms with Crippen LogP contribution >= 0.6 is 0 Å². The second-order valence-electron chi connectivity index (χ2n) is 10.1. The van der Waals surface area contributed by atoms with Crippen molar-refractivity contribution in [2.75, 3.05) is 0 Å². The molecule has 0 aliphatic heterocycles. The number of benzene rings is 3. The molecule has 1 aliphatic carbocycles. The number of hydrogen-bond donors (Lipinski definition) is 1. The van der Waals surface area contributed by atoms with E-state index in [0.29, 0.717) is 12.0 Å². The fourth-order valence-electron chi connectivity index (χ4n) is 5.17. The summed E-state index contributed by atoms with van der Waals surface area (Å²) in [4.78, 5) is 40.6. The average Bonchev–Trinajstić information content (AvgIpc) is 2.93. The fourth-order valence-corrected chi connectivity index (χ4v) is 5.17. The highest BCUT2D eigenvalue weighted by molar-refractivity contribution is 5.89. The van der Waals surface area contributed by atoms with Crippen molar-refractivity contribution in [3.05, 3.63) is 111 Å². The molecule has 0 radical (unpaired) electrons. The molecule has 1 N–H and O–H groups in total. The molecule has 3 aromatic rings. The van der Waals surface area contributed by atoms with Crippen molar-refractivity contribution in [1.29, 1.82) is 0 Å². The minimum absolute atomic E-state index is 0.0945. The molecule has 0 spiro atoms. The highest BCUT2D eigenvalue weighted by Gasteiger charge is 2.33. The number of hydrogen-bond acceptors (Lipinski definition) is 4. The smallest absolute Gasteiger partial charge is 0.273 e. The van der Waals surface area contributed by atoms with E-state index < -0.39 is 11.0 Å². The minimum atomic E-state index is -0.755. The average molecular weight is 514 g/mol. The summed E-state index contributed by atoms with van der Waals surface area (Å²) < 4.78 is 0. The molecule has 198 valence electrons. The van der Waals surface area contributed by atoms with Gasteiger partial charge in [0.05, 0.1) is 11.3 Å². The molecule has 1 fully saturated rings. The Hall–Kier alpha value is -4.00. The predicted molar refractivity (Wildman–Crippen MR) is 147 cm³/mol. The summed E-state index contributed by atoms with van der Waals surface area (Å²) in [6.45, 7) is 2.22. The number of nitro groups is 1. The highest BCUT2D eigenvalue weighted by Crippen LogP contribution is 2.23. The van der Waals surface area contributed by atoms with E-state index in [2.05, 4.69) is 5.32 Å². The molecular weight excluding hydrogens is 478 g/mol. The van der Waals surface area contributed by atoms with Crippen molar-refractivity contribution in [2.24, 2.45) is 0 Å². The van der Waals surface area contributed by atoms with Crippen LogP contribution in [0.2, 0.25) is 0 Å². The minimum Gasteiger partial charge on any atom is -0.352 e. The van der Waals surface area contributed by atoms with Gasteiger partial charge in [-0.1, -0.05) is 92.1 Å². The standard InChI is InChI=1S/C31H35N3O4/c1-23-12-8-9-16-26(23)22-33(30(35)21-25-15-10-11-19-28(25)34(37)38)29(20-24-13-4-2-5-14-24)31(36)32-27-17-6-3-7-18-27/h2,4-5,8-16,19,27,29H,3,6-7,17-18,20-22H2,1H3,(H,32,36). The molecule has 1 aliphatic rings. The Morgan fingerprint density at radius 1 is 0.921 bits per heavy atom. The molecular formula is C31H35N3O4. The molecule has 0 aromatic heterocycles. The van der Waals surface area contributed by atoms with E-state index >= 15 is 0 Å². The van der Waals surface area contributed by atoms with E-state index in [1.54, 1.807) is 23.1 Å². The zero-order valence-corrected chi connectivity index (χ0v) is 21.8. The maximum absolute atomic E-state index is 14.0. The van der Waals surface area contributed by atoms with Crippen molar-refractivity contribution in [1.82, 2.24) is 10.2 Å². The van der Waals surface area contributed by atoms with Gasteiger partial charge in [0, 0.05) is 30.6 Å². The van der Waals surface area contributed by atoms with Gasteiger partial charge in [-0.05, 0) is 36.5 Å². The van der Waals surface area contributed by atoms with Gasteiger partial charge in [0.2, 0.25) is 11.8 Å². The van der Waals surface area contributed by atoms with E-state index in [0.717, 1.165) is 42.4 Å². The van der Waals surface area contributed by atoms with Crippen LogP contribution in [-0.4, -0.2) is 33.7 Å². The number of nitro benzene ring substituents is 1. The second kappa shape index (κ2) is 13.0. The topological polar surface area (TPSA) is 92.6 Å². The summed E-state index contributed by atoms with van der Waals surface area (Å²) >= 11 is 0. The fraction of sp³-hybridized carbons (Fsp3) is 0.355. The largest absolute Gasteiger partial charge is 0.352 e. The normalized spacial score (nSPS) is 14.4. The number of amides is 2.